The highest BCUT2D eigenvalue weighted by molar-refractivity contribution is 8.13. The third-order valence-electron chi connectivity index (χ3n) is 2.59. The van der Waals surface area contributed by atoms with Crippen molar-refractivity contribution < 1.29 is 64.8 Å². The first-order valence-electron chi connectivity index (χ1n) is 6.57. The summed E-state index contributed by atoms with van der Waals surface area (Å²) in [6, 6.07) is 3.37. The van der Waals surface area contributed by atoms with Crippen molar-refractivity contribution in [1.82, 2.24) is 4.13 Å². The predicted octanol–water partition coefficient (Wildman–Crippen LogP) is 2.62. The minimum atomic E-state index is -7.24. The monoisotopic (exact) mass is 551 g/mol. The van der Waals surface area contributed by atoms with Gasteiger partial charge in [-0.3, -0.25) is 0 Å². The van der Waals surface area contributed by atoms with Crippen LogP contribution in [0.1, 0.15) is 0 Å². The van der Waals surface area contributed by atoms with Gasteiger partial charge >= 0.3 is 36.6 Å². The Morgan fingerprint density at radius 2 is 1.00 bits per heavy atom. The van der Waals surface area contributed by atoms with Crippen molar-refractivity contribution in [2.75, 3.05) is 0 Å². The lowest BCUT2D eigenvalue weighted by atomic mass is 10.4. The molecule has 0 fully saturated rings. The van der Waals surface area contributed by atoms with Gasteiger partial charge < -0.3 is 0 Å². The van der Waals surface area contributed by atoms with Gasteiger partial charge in [0.25, 0.3) is 0 Å². The van der Waals surface area contributed by atoms with Gasteiger partial charge in [0, 0.05) is 0 Å². The average molecular weight is 551 g/mol. The van der Waals surface area contributed by atoms with Crippen LogP contribution in [0.5, 0.6) is 0 Å². The van der Waals surface area contributed by atoms with Gasteiger partial charge in [0.1, 0.15) is 0 Å². The van der Waals surface area contributed by atoms with Crippen molar-refractivity contribution in [3.05, 3.63) is 30.3 Å². The topological polar surface area (TPSA) is 139 Å². The molecule has 0 saturated heterocycles. The van der Waals surface area contributed by atoms with Gasteiger partial charge in [-0.1, -0.05) is 25.7 Å². The predicted molar refractivity (Wildman–Crippen MR) is 85.0 cm³/mol. The number of sulfonamides is 2. The van der Waals surface area contributed by atoms with E-state index in [0.29, 0.717) is 12.1 Å². The molecule has 0 amide bonds. The fraction of sp³-hybridized carbons (Fsp3) is 0.333. The third kappa shape index (κ3) is 5.98. The van der Waals surface area contributed by atoms with Gasteiger partial charge in [-0.15, -0.1) is 4.13 Å². The maximum Gasteiger partial charge on any atom is 0.519 e. The van der Waals surface area contributed by atoms with Crippen LogP contribution in [0.2, 0.25) is 0 Å². The average Bonchev–Trinajstić information content (AvgIpc) is 2.51. The second-order valence-corrected chi connectivity index (χ2v) is 12.6. The van der Waals surface area contributed by atoms with Crippen molar-refractivity contribution >= 4 is 39.9 Å². The summed E-state index contributed by atoms with van der Waals surface area (Å²) in [5.41, 5.74) is -19.5. The van der Waals surface area contributed by atoms with E-state index in [1.165, 1.54) is 0 Å². The fourth-order valence-corrected chi connectivity index (χ4v) is 8.20. The SMILES string of the molecule is O=S(=O)(N=S(=O)(NS(=O)(=NS(=O)(=O)C(F)(F)F)C(F)(F)F)c1ccccc1)C(F)(F)F. The minimum Gasteiger partial charge on any atom is -0.227 e. The Balaban J connectivity index is 4.08. The Labute approximate surface area is 168 Å². The van der Waals surface area contributed by atoms with Gasteiger partial charge in [-0.2, -0.15) is 56.3 Å². The number of nitrogens with zero attached hydrogens (tertiary/aromatic N) is 2. The van der Waals surface area contributed by atoms with Crippen LogP contribution in [-0.4, -0.2) is 41.8 Å². The summed E-state index contributed by atoms with van der Waals surface area (Å²) in [5.74, 6) is 0. The lowest BCUT2D eigenvalue weighted by molar-refractivity contribution is -0.0447. The van der Waals surface area contributed by atoms with E-state index in [-0.39, 0.29) is 4.13 Å². The van der Waals surface area contributed by atoms with Crippen molar-refractivity contribution in [1.29, 1.82) is 0 Å². The summed E-state index contributed by atoms with van der Waals surface area (Å²) in [4.78, 5) is -1.35. The van der Waals surface area contributed by atoms with Gasteiger partial charge in [-0.05, 0) is 12.1 Å². The van der Waals surface area contributed by atoms with Gasteiger partial charge in [0.2, 0.25) is 9.92 Å². The van der Waals surface area contributed by atoms with Crippen LogP contribution < -0.4 is 4.13 Å². The molecule has 1 rings (SSSR count). The molecule has 0 bridgehead atoms. The molecule has 0 heterocycles. The Hall–Kier alpha value is -1.65. The molecule has 1 aromatic rings. The smallest absolute Gasteiger partial charge is 0.227 e. The highest BCUT2D eigenvalue weighted by Crippen LogP contribution is 2.33. The first kappa shape index (κ1) is 27.4. The lowest BCUT2D eigenvalue weighted by Crippen LogP contribution is -2.42. The van der Waals surface area contributed by atoms with E-state index in [1.54, 1.807) is 3.77 Å². The maximum absolute atomic E-state index is 13.1. The molecule has 0 spiro atoms. The molecule has 0 aliphatic carbocycles. The highest BCUT2D eigenvalue weighted by atomic mass is 32.3. The summed E-state index contributed by atoms with van der Waals surface area (Å²) in [7, 11) is -27.2. The van der Waals surface area contributed by atoms with Crippen LogP contribution in [0.15, 0.2) is 42.8 Å². The van der Waals surface area contributed by atoms with Crippen LogP contribution in [0.3, 0.4) is 0 Å². The second-order valence-electron chi connectivity index (χ2n) is 4.88. The summed E-state index contributed by atoms with van der Waals surface area (Å²) in [6.07, 6.45) is 0. The molecule has 2 unspecified atom stereocenters. The number of halogens is 9. The molecular formula is C9H6F9N3O6S4. The van der Waals surface area contributed by atoms with Gasteiger partial charge in [-0.25, -0.2) is 8.42 Å². The number of hydrogen-bond acceptors (Lipinski definition) is 6. The van der Waals surface area contributed by atoms with Crippen molar-refractivity contribution in [3.8, 4) is 0 Å². The minimum absolute atomic E-state index is 0.158. The number of alkyl halides is 9. The van der Waals surface area contributed by atoms with Crippen molar-refractivity contribution in [2.45, 2.75) is 21.4 Å². The largest absolute Gasteiger partial charge is 0.519 e. The molecule has 0 aliphatic heterocycles. The first-order valence-corrected chi connectivity index (χ1v) is 12.5. The van der Waals surface area contributed by atoms with E-state index in [9.17, 15) is 64.8 Å². The molecule has 0 saturated carbocycles. The highest BCUT2D eigenvalue weighted by Gasteiger charge is 2.54. The van der Waals surface area contributed by atoms with Gasteiger partial charge in [0.05, 0.1) is 4.90 Å². The van der Waals surface area contributed by atoms with Crippen molar-refractivity contribution in [2.24, 2.45) is 7.54 Å². The molecule has 0 radical (unpaired) electrons. The van der Waals surface area contributed by atoms with Crippen LogP contribution in [-0.2, 0) is 39.9 Å². The molecule has 2 atom stereocenters. The molecule has 22 heteroatoms. The van der Waals surface area contributed by atoms with Crippen LogP contribution in [0.25, 0.3) is 0 Å². The molecular weight excluding hydrogens is 545 g/mol. The van der Waals surface area contributed by atoms with E-state index in [4.69, 9.17) is 0 Å². The summed E-state index contributed by atoms with van der Waals surface area (Å²) in [6.45, 7) is 0. The Morgan fingerprint density at radius 1 is 0.613 bits per heavy atom. The Kier molecular flexibility index (Phi) is 7.10. The van der Waals surface area contributed by atoms with E-state index in [1.807, 2.05) is 0 Å². The standard InChI is InChI=1S/C9H6F9N3O6S4/c10-7(11,12)29(23,21-31(26,27)9(16,17)18)19-28(22,6-4-2-1-3-5-6)20-30(24,25)8(13,14)15/h1-5H,(H,19,20,21,22,23). The quantitative estimate of drug-likeness (QED) is 0.559. The summed E-state index contributed by atoms with van der Waals surface area (Å²) in [5, 5.41) is 0. The van der Waals surface area contributed by atoms with E-state index in [2.05, 4.69) is 0 Å². The number of rotatable bonds is 5. The van der Waals surface area contributed by atoms with E-state index in [0.717, 1.165) is 22.0 Å². The lowest BCUT2D eigenvalue weighted by Gasteiger charge is -2.18. The zero-order chi connectivity index (χ0) is 24.7. The van der Waals surface area contributed by atoms with Gasteiger partial charge in [0.15, 0.2) is 9.92 Å². The first-order chi connectivity index (χ1) is 13.5. The number of nitrogens with one attached hydrogen (secondary N) is 1. The second kappa shape index (κ2) is 8.04. The van der Waals surface area contributed by atoms with Crippen LogP contribution in [0, 0.1) is 0 Å². The summed E-state index contributed by atoms with van der Waals surface area (Å²) >= 11 is 0. The number of benzene rings is 1. The zero-order valence-corrected chi connectivity index (χ0v) is 17.0. The third-order valence-corrected chi connectivity index (χ3v) is 10.4. The molecule has 1 N–H and O–H groups in total. The molecule has 0 aromatic heterocycles. The summed E-state index contributed by atoms with van der Waals surface area (Å²) < 4.78 is 186. The normalized spacial score (nSPS) is 18.0. The number of hydrogen-bond donors (Lipinski definition) is 1. The Morgan fingerprint density at radius 3 is 1.35 bits per heavy atom. The van der Waals surface area contributed by atoms with E-state index < -0.39 is 61.3 Å². The fourth-order valence-electron chi connectivity index (χ4n) is 1.33. The molecule has 0 aliphatic rings. The molecule has 31 heavy (non-hydrogen) atoms. The van der Waals surface area contributed by atoms with Crippen LogP contribution in [0.4, 0.5) is 39.5 Å². The van der Waals surface area contributed by atoms with Crippen molar-refractivity contribution in [3.63, 3.8) is 0 Å². The van der Waals surface area contributed by atoms with E-state index >= 15 is 0 Å². The van der Waals surface area contributed by atoms with Crippen LogP contribution >= 0.6 is 0 Å². The zero-order valence-electron chi connectivity index (χ0n) is 13.8. The molecule has 180 valence electrons. The molecule has 9 nitrogen and oxygen atoms in total. The Bertz CT molecular complexity index is 1280. The maximum atomic E-state index is 13.1. The molecule has 1 aromatic carbocycles.